The van der Waals surface area contributed by atoms with Gasteiger partial charge in [0.05, 0.1) is 21.7 Å². The van der Waals surface area contributed by atoms with E-state index in [0.717, 1.165) is 45.3 Å². The van der Waals surface area contributed by atoms with E-state index in [1.165, 1.54) is 11.8 Å². The average molecular weight is 485 g/mol. The molecule has 2 N–H and O–H groups in total. The number of carbonyl (C=O) groups excluding carboxylic acids is 2. The van der Waals surface area contributed by atoms with Crippen molar-refractivity contribution < 1.29 is 9.59 Å². The summed E-state index contributed by atoms with van der Waals surface area (Å²) < 4.78 is 2.04. The number of thiazole rings is 1. The lowest BCUT2D eigenvalue weighted by atomic mass is 10.3. The number of carbonyl (C=O) groups is 2. The lowest BCUT2D eigenvalue weighted by Gasteiger charge is -2.06. The van der Waals surface area contributed by atoms with Gasteiger partial charge >= 0.3 is 0 Å². The van der Waals surface area contributed by atoms with Gasteiger partial charge in [-0.15, -0.1) is 34.9 Å². The van der Waals surface area contributed by atoms with Crippen molar-refractivity contribution in [3.05, 3.63) is 42.6 Å². The van der Waals surface area contributed by atoms with Crippen LogP contribution in [0, 0.1) is 11.8 Å². The number of unbranched alkanes of at least 4 members (excludes halogenated alkanes) is 1. The predicted octanol–water partition coefficient (Wildman–Crippen LogP) is 5.29. The molecule has 0 aliphatic rings. The Morgan fingerprint density at radius 3 is 2.66 bits per heavy atom. The van der Waals surface area contributed by atoms with Gasteiger partial charge in [0.25, 0.3) is 0 Å². The molecule has 6 nitrogen and oxygen atoms in total. The molecule has 3 rings (SSSR count). The van der Waals surface area contributed by atoms with E-state index in [2.05, 4.69) is 39.4 Å². The second-order valence-electron chi connectivity index (χ2n) is 6.67. The number of benzene rings is 1. The summed E-state index contributed by atoms with van der Waals surface area (Å²) in [6, 6.07) is 11.0. The summed E-state index contributed by atoms with van der Waals surface area (Å²) in [5.74, 6) is 7.81. The van der Waals surface area contributed by atoms with Crippen LogP contribution in [0.5, 0.6) is 0 Å². The van der Waals surface area contributed by atoms with Gasteiger partial charge in [0.2, 0.25) is 11.8 Å². The second kappa shape index (κ2) is 13.1. The van der Waals surface area contributed by atoms with Crippen LogP contribution in [0.25, 0.3) is 10.2 Å². The van der Waals surface area contributed by atoms with Gasteiger partial charge < -0.3 is 10.6 Å². The van der Waals surface area contributed by atoms with Crippen LogP contribution in [0.4, 0.5) is 11.5 Å². The number of fused-ring (bicyclic) bond motifs is 1. The number of pyridine rings is 1. The van der Waals surface area contributed by atoms with Crippen molar-refractivity contribution >= 4 is 68.4 Å². The Kier molecular flexibility index (Phi) is 9.88. The molecule has 0 aliphatic carbocycles. The summed E-state index contributed by atoms with van der Waals surface area (Å²) in [7, 11) is 0. The lowest BCUT2D eigenvalue weighted by Crippen LogP contribution is -2.18. The van der Waals surface area contributed by atoms with Crippen LogP contribution >= 0.6 is 34.9 Å². The normalized spacial score (nSPS) is 10.4. The van der Waals surface area contributed by atoms with Crippen molar-refractivity contribution in [3.63, 3.8) is 0 Å². The minimum Gasteiger partial charge on any atom is -0.325 e. The molecule has 9 heteroatoms. The molecule has 0 bridgehead atoms. The molecule has 0 saturated heterocycles. The van der Waals surface area contributed by atoms with E-state index >= 15 is 0 Å². The zero-order valence-electron chi connectivity index (χ0n) is 17.7. The zero-order valence-corrected chi connectivity index (χ0v) is 20.2. The third kappa shape index (κ3) is 8.19. The smallest absolute Gasteiger partial charge is 0.235 e. The number of aromatic nitrogens is 2. The van der Waals surface area contributed by atoms with E-state index in [1.807, 2.05) is 18.2 Å². The molecule has 1 aromatic carbocycles. The van der Waals surface area contributed by atoms with Crippen molar-refractivity contribution in [1.29, 1.82) is 0 Å². The largest absolute Gasteiger partial charge is 0.325 e. The summed E-state index contributed by atoms with van der Waals surface area (Å²) in [5, 5.41) is 5.59. The Bertz CT molecular complexity index is 1110. The molecule has 0 unspecified atom stereocenters. The van der Waals surface area contributed by atoms with Crippen LogP contribution in [0.1, 0.15) is 26.2 Å². The van der Waals surface area contributed by atoms with E-state index in [-0.39, 0.29) is 23.3 Å². The SMILES string of the molecule is CCCC#CCCSc1nc2ccc(NC(=O)CSCC(=O)Nc3ccccn3)cc2s1. The van der Waals surface area contributed by atoms with Crippen LogP contribution in [-0.4, -0.2) is 39.0 Å². The standard InChI is InChI=1S/C23H24N4O2S3/c1-2-3-4-5-8-13-31-23-26-18-11-10-17(14-19(18)32-23)25-21(28)15-30-16-22(29)27-20-9-6-7-12-24-20/h6-7,9-12,14H,2-3,8,13,15-16H2,1H3,(H,25,28)(H,24,27,29). The number of rotatable bonds is 10. The second-order valence-corrected chi connectivity index (χ2v) is 10.0. The number of anilines is 2. The maximum atomic E-state index is 12.2. The van der Waals surface area contributed by atoms with Gasteiger partial charge in [0.1, 0.15) is 5.82 Å². The fraction of sp³-hybridized carbons (Fsp3) is 0.304. The first-order valence-corrected chi connectivity index (χ1v) is 13.2. The van der Waals surface area contributed by atoms with Crippen LogP contribution in [0.2, 0.25) is 0 Å². The third-order valence-electron chi connectivity index (χ3n) is 4.00. The first-order valence-electron chi connectivity index (χ1n) is 10.2. The molecule has 0 fully saturated rings. The summed E-state index contributed by atoms with van der Waals surface area (Å²) in [4.78, 5) is 32.8. The Hall–Kier alpha value is -2.54. The summed E-state index contributed by atoms with van der Waals surface area (Å²) in [5.41, 5.74) is 1.65. The molecule has 0 aliphatic heterocycles. The number of nitrogens with one attached hydrogen (secondary N) is 2. The molecule has 0 saturated carbocycles. The highest BCUT2D eigenvalue weighted by Crippen LogP contribution is 2.31. The van der Waals surface area contributed by atoms with Gasteiger partial charge in [0, 0.05) is 30.5 Å². The van der Waals surface area contributed by atoms with Gasteiger partial charge in [-0.3, -0.25) is 9.59 Å². The Morgan fingerprint density at radius 1 is 1.06 bits per heavy atom. The molecule has 32 heavy (non-hydrogen) atoms. The maximum absolute atomic E-state index is 12.2. The van der Waals surface area contributed by atoms with Crippen LogP contribution in [0.3, 0.4) is 0 Å². The highest BCUT2D eigenvalue weighted by atomic mass is 32.2. The van der Waals surface area contributed by atoms with Crippen molar-refractivity contribution in [2.24, 2.45) is 0 Å². The fourth-order valence-electron chi connectivity index (χ4n) is 2.58. The summed E-state index contributed by atoms with van der Waals surface area (Å²) >= 11 is 4.58. The van der Waals surface area contributed by atoms with Crippen molar-refractivity contribution in [1.82, 2.24) is 9.97 Å². The molecule has 0 spiro atoms. The van der Waals surface area contributed by atoms with Crippen LogP contribution < -0.4 is 10.6 Å². The van der Waals surface area contributed by atoms with E-state index in [1.54, 1.807) is 47.5 Å². The molecule has 3 aromatic rings. The van der Waals surface area contributed by atoms with Crippen molar-refractivity contribution in [2.75, 3.05) is 27.9 Å². The quantitative estimate of drug-likeness (QED) is 0.231. The topological polar surface area (TPSA) is 84.0 Å². The Balaban J connectivity index is 1.42. The minimum absolute atomic E-state index is 0.148. The summed E-state index contributed by atoms with van der Waals surface area (Å²) in [6.45, 7) is 2.13. The number of hydrogen-bond acceptors (Lipinski definition) is 7. The number of nitrogens with zero attached hydrogens (tertiary/aromatic N) is 2. The highest BCUT2D eigenvalue weighted by molar-refractivity contribution is 8.01. The molecule has 2 heterocycles. The van der Waals surface area contributed by atoms with Gasteiger partial charge in [-0.05, 0) is 36.8 Å². The molecule has 2 amide bonds. The molecule has 0 radical (unpaired) electrons. The fourth-order valence-corrected chi connectivity index (χ4v) is 5.23. The monoisotopic (exact) mass is 484 g/mol. The van der Waals surface area contributed by atoms with Crippen molar-refractivity contribution in [2.45, 2.75) is 30.5 Å². The Morgan fingerprint density at radius 2 is 1.88 bits per heavy atom. The van der Waals surface area contributed by atoms with Gasteiger partial charge in [-0.25, -0.2) is 9.97 Å². The first-order chi connectivity index (χ1) is 15.6. The van der Waals surface area contributed by atoms with E-state index in [4.69, 9.17) is 0 Å². The highest BCUT2D eigenvalue weighted by Gasteiger charge is 2.09. The number of hydrogen-bond donors (Lipinski definition) is 2. The molecular formula is C23H24N4O2S3. The van der Waals surface area contributed by atoms with E-state index in [9.17, 15) is 9.59 Å². The van der Waals surface area contributed by atoms with Crippen molar-refractivity contribution in [3.8, 4) is 11.8 Å². The molecule has 166 valence electrons. The van der Waals surface area contributed by atoms with E-state index in [0.29, 0.717) is 5.82 Å². The van der Waals surface area contributed by atoms with Gasteiger partial charge in [0.15, 0.2) is 4.34 Å². The Labute approximate surface area is 200 Å². The van der Waals surface area contributed by atoms with Crippen LogP contribution in [0.15, 0.2) is 46.9 Å². The maximum Gasteiger partial charge on any atom is 0.235 e. The third-order valence-corrected chi connectivity index (χ3v) is 7.10. The predicted molar refractivity (Wildman–Crippen MR) is 136 cm³/mol. The lowest BCUT2D eigenvalue weighted by molar-refractivity contribution is -0.114. The molecule has 2 aromatic heterocycles. The number of thioether (sulfide) groups is 2. The van der Waals surface area contributed by atoms with Crippen LogP contribution in [-0.2, 0) is 9.59 Å². The number of amides is 2. The van der Waals surface area contributed by atoms with Gasteiger partial charge in [-0.1, -0.05) is 24.8 Å². The van der Waals surface area contributed by atoms with E-state index < -0.39 is 0 Å². The van der Waals surface area contributed by atoms with Gasteiger partial charge in [-0.2, -0.15) is 0 Å². The summed E-state index contributed by atoms with van der Waals surface area (Å²) in [6.07, 6.45) is 4.52. The molecule has 0 atom stereocenters. The molecular weight excluding hydrogens is 460 g/mol. The minimum atomic E-state index is -0.186. The average Bonchev–Trinajstić information content (AvgIpc) is 3.19. The zero-order chi connectivity index (χ0) is 22.6. The first kappa shape index (κ1) is 24.1.